The first-order valence-corrected chi connectivity index (χ1v) is 6.26. The molecule has 0 spiro atoms. The number of rotatable bonds is 6. The van der Waals surface area contributed by atoms with Crippen molar-refractivity contribution < 1.29 is 5.11 Å². The van der Waals surface area contributed by atoms with Crippen molar-refractivity contribution in [3.05, 3.63) is 35.4 Å². The van der Waals surface area contributed by atoms with E-state index in [0.29, 0.717) is 6.61 Å². The number of aliphatic hydroxyl groups is 1. The highest BCUT2D eigenvalue weighted by atomic mass is 16.3. The van der Waals surface area contributed by atoms with Crippen molar-refractivity contribution in [3.63, 3.8) is 0 Å². The molecule has 1 aliphatic carbocycles. The Morgan fingerprint density at radius 3 is 2.88 bits per heavy atom. The number of benzene rings is 1. The molecule has 88 valence electrons. The molecule has 0 radical (unpaired) electrons. The standard InChI is InChI=1S/C14H21NO/c1-2-15(8-5-9-16)11-13-10-12-6-3-4-7-14(12)13/h3-4,6-7,13,16H,2,5,8-11H2,1H3. The first-order valence-electron chi connectivity index (χ1n) is 6.26. The summed E-state index contributed by atoms with van der Waals surface area (Å²) in [7, 11) is 0. The van der Waals surface area contributed by atoms with Crippen LogP contribution in [0.3, 0.4) is 0 Å². The highest BCUT2D eigenvalue weighted by Gasteiger charge is 2.26. The van der Waals surface area contributed by atoms with Gasteiger partial charge in [-0.2, -0.15) is 0 Å². The Bertz CT molecular complexity index is 337. The fraction of sp³-hybridized carbons (Fsp3) is 0.571. The molecule has 0 saturated carbocycles. The third-order valence-corrected chi connectivity index (χ3v) is 3.52. The van der Waals surface area contributed by atoms with Crippen LogP contribution in [0.15, 0.2) is 24.3 Å². The lowest BCUT2D eigenvalue weighted by molar-refractivity contribution is 0.217. The maximum atomic E-state index is 8.85. The Balaban J connectivity index is 1.87. The molecule has 1 atom stereocenters. The Kier molecular flexibility index (Phi) is 3.97. The minimum atomic E-state index is 0.303. The van der Waals surface area contributed by atoms with E-state index in [1.54, 1.807) is 0 Å². The molecule has 1 unspecified atom stereocenters. The quantitative estimate of drug-likeness (QED) is 0.791. The van der Waals surface area contributed by atoms with E-state index >= 15 is 0 Å². The van der Waals surface area contributed by atoms with Crippen molar-refractivity contribution >= 4 is 0 Å². The van der Waals surface area contributed by atoms with E-state index in [1.807, 2.05) is 0 Å². The van der Waals surface area contributed by atoms with E-state index in [1.165, 1.54) is 17.5 Å². The summed E-state index contributed by atoms with van der Waals surface area (Å²) < 4.78 is 0. The largest absolute Gasteiger partial charge is 0.396 e. The molecule has 0 saturated heterocycles. The summed E-state index contributed by atoms with van der Waals surface area (Å²) in [6.07, 6.45) is 2.12. The van der Waals surface area contributed by atoms with Crippen LogP contribution in [0.25, 0.3) is 0 Å². The van der Waals surface area contributed by atoms with Crippen LogP contribution in [0, 0.1) is 0 Å². The van der Waals surface area contributed by atoms with Gasteiger partial charge in [0.1, 0.15) is 0 Å². The minimum absolute atomic E-state index is 0.303. The van der Waals surface area contributed by atoms with E-state index in [4.69, 9.17) is 5.11 Å². The first-order chi connectivity index (χ1) is 7.85. The predicted molar refractivity (Wildman–Crippen MR) is 66.7 cm³/mol. The van der Waals surface area contributed by atoms with Crippen molar-refractivity contribution in [2.45, 2.75) is 25.7 Å². The average molecular weight is 219 g/mol. The van der Waals surface area contributed by atoms with Gasteiger partial charge in [0.05, 0.1) is 0 Å². The summed E-state index contributed by atoms with van der Waals surface area (Å²) in [6, 6.07) is 8.74. The van der Waals surface area contributed by atoms with Gasteiger partial charge in [-0.15, -0.1) is 0 Å². The second-order valence-corrected chi connectivity index (χ2v) is 4.57. The van der Waals surface area contributed by atoms with Crippen LogP contribution in [-0.2, 0) is 6.42 Å². The monoisotopic (exact) mass is 219 g/mol. The van der Waals surface area contributed by atoms with Crippen molar-refractivity contribution in [1.82, 2.24) is 4.90 Å². The Morgan fingerprint density at radius 2 is 2.19 bits per heavy atom. The number of hydrogen-bond acceptors (Lipinski definition) is 2. The molecule has 1 N–H and O–H groups in total. The van der Waals surface area contributed by atoms with Crippen LogP contribution in [0.2, 0.25) is 0 Å². The number of fused-ring (bicyclic) bond motifs is 1. The molecule has 1 aromatic rings. The number of likely N-dealkylation sites (N-methyl/N-ethyl adjacent to an activating group) is 1. The summed E-state index contributed by atoms with van der Waals surface area (Å²) in [4.78, 5) is 2.44. The molecule has 2 rings (SSSR count). The van der Waals surface area contributed by atoms with Crippen molar-refractivity contribution in [2.24, 2.45) is 0 Å². The van der Waals surface area contributed by atoms with E-state index in [9.17, 15) is 0 Å². The van der Waals surface area contributed by atoms with Crippen molar-refractivity contribution in [3.8, 4) is 0 Å². The molecule has 2 heteroatoms. The fourth-order valence-electron chi connectivity index (χ4n) is 2.51. The van der Waals surface area contributed by atoms with Gasteiger partial charge in [0.15, 0.2) is 0 Å². The van der Waals surface area contributed by atoms with Gasteiger partial charge in [0, 0.05) is 25.6 Å². The lowest BCUT2D eigenvalue weighted by Gasteiger charge is -2.34. The Morgan fingerprint density at radius 1 is 1.38 bits per heavy atom. The SMILES string of the molecule is CCN(CCCO)CC1Cc2ccccc21. The molecule has 1 aliphatic rings. The topological polar surface area (TPSA) is 23.5 Å². The lowest BCUT2D eigenvalue weighted by atomic mass is 9.77. The Hall–Kier alpha value is -0.860. The molecule has 0 fully saturated rings. The smallest absolute Gasteiger partial charge is 0.0443 e. The van der Waals surface area contributed by atoms with Crippen LogP contribution >= 0.6 is 0 Å². The van der Waals surface area contributed by atoms with Crippen LogP contribution < -0.4 is 0 Å². The van der Waals surface area contributed by atoms with Crippen molar-refractivity contribution in [1.29, 1.82) is 0 Å². The molecule has 0 aromatic heterocycles. The average Bonchev–Trinajstić information content (AvgIpc) is 2.30. The molecule has 16 heavy (non-hydrogen) atoms. The maximum absolute atomic E-state index is 8.85. The van der Waals surface area contributed by atoms with Crippen LogP contribution in [-0.4, -0.2) is 36.2 Å². The molecular formula is C14H21NO. The number of hydrogen-bond donors (Lipinski definition) is 1. The van der Waals surface area contributed by atoms with E-state index in [0.717, 1.165) is 32.0 Å². The van der Waals surface area contributed by atoms with Gasteiger partial charge in [0.25, 0.3) is 0 Å². The zero-order chi connectivity index (χ0) is 11.4. The summed E-state index contributed by atoms with van der Waals surface area (Å²) in [5.41, 5.74) is 3.05. The fourth-order valence-corrected chi connectivity index (χ4v) is 2.51. The molecule has 0 amide bonds. The van der Waals surface area contributed by atoms with Gasteiger partial charge >= 0.3 is 0 Å². The molecule has 0 aliphatic heterocycles. The second kappa shape index (κ2) is 5.46. The first kappa shape index (κ1) is 11.6. The zero-order valence-corrected chi connectivity index (χ0v) is 10.0. The number of nitrogens with zero attached hydrogens (tertiary/aromatic N) is 1. The molecule has 1 aromatic carbocycles. The second-order valence-electron chi connectivity index (χ2n) is 4.57. The van der Waals surface area contributed by atoms with Gasteiger partial charge in [0.2, 0.25) is 0 Å². The molecule has 2 nitrogen and oxygen atoms in total. The summed E-state index contributed by atoms with van der Waals surface area (Å²) >= 11 is 0. The lowest BCUT2D eigenvalue weighted by Crippen LogP contribution is -2.34. The van der Waals surface area contributed by atoms with E-state index < -0.39 is 0 Å². The van der Waals surface area contributed by atoms with Crippen LogP contribution in [0.1, 0.15) is 30.4 Å². The molecule has 0 bridgehead atoms. The zero-order valence-electron chi connectivity index (χ0n) is 10.0. The maximum Gasteiger partial charge on any atom is 0.0443 e. The predicted octanol–water partition coefficient (Wildman–Crippen LogP) is 2.03. The van der Waals surface area contributed by atoms with Gasteiger partial charge in [-0.25, -0.2) is 0 Å². The van der Waals surface area contributed by atoms with Crippen molar-refractivity contribution in [2.75, 3.05) is 26.2 Å². The molecule has 0 heterocycles. The van der Waals surface area contributed by atoms with Gasteiger partial charge in [-0.05, 0) is 30.5 Å². The summed E-state index contributed by atoms with van der Waals surface area (Å²) in [5, 5.41) is 8.85. The number of aliphatic hydroxyl groups excluding tert-OH is 1. The van der Waals surface area contributed by atoms with Gasteiger partial charge in [-0.1, -0.05) is 31.2 Å². The van der Waals surface area contributed by atoms with Crippen LogP contribution in [0.5, 0.6) is 0 Å². The minimum Gasteiger partial charge on any atom is -0.396 e. The third-order valence-electron chi connectivity index (χ3n) is 3.52. The van der Waals surface area contributed by atoms with Gasteiger partial charge < -0.3 is 10.0 Å². The van der Waals surface area contributed by atoms with Crippen LogP contribution in [0.4, 0.5) is 0 Å². The highest BCUT2D eigenvalue weighted by molar-refractivity contribution is 5.40. The summed E-state index contributed by atoms with van der Waals surface area (Å²) in [6.45, 7) is 5.75. The van der Waals surface area contributed by atoms with Gasteiger partial charge in [-0.3, -0.25) is 0 Å². The van der Waals surface area contributed by atoms with E-state index in [-0.39, 0.29) is 0 Å². The van der Waals surface area contributed by atoms with E-state index in [2.05, 4.69) is 36.1 Å². The summed E-state index contributed by atoms with van der Waals surface area (Å²) in [5.74, 6) is 0.717. The normalized spacial score (nSPS) is 18.3. The third kappa shape index (κ3) is 2.45. The Labute approximate surface area is 97.9 Å². The molecular weight excluding hydrogens is 198 g/mol. The highest BCUT2D eigenvalue weighted by Crippen LogP contribution is 2.35.